The zero-order chi connectivity index (χ0) is 15.9. The van der Waals surface area contributed by atoms with Crippen LogP contribution in [0, 0.1) is 0 Å². The van der Waals surface area contributed by atoms with Crippen LogP contribution in [0.15, 0.2) is 29.2 Å². The van der Waals surface area contributed by atoms with Crippen LogP contribution in [-0.2, 0) is 10.0 Å². The van der Waals surface area contributed by atoms with Crippen LogP contribution in [0.5, 0.6) is 0 Å². The maximum absolute atomic E-state index is 12.6. The average Bonchev–Trinajstić information content (AvgIpc) is 2.50. The molecule has 21 heavy (non-hydrogen) atoms. The third kappa shape index (κ3) is 4.17. The highest BCUT2D eigenvalue weighted by atomic mass is 32.2. The molecule has 0 aromatic heterocycles. The standard InChI is InChI=1S/C16H29NO2SSi/c1-5-9-14-17-20(18,19)15-12-10-11-13-16(15)21(6-2,7-3)8-4/h10-13,17H,5-9,14H2,1-4H3. The van der Waals surface area contributed by atoms with Gasteiger partial charge in [-0.3, -0.25) is 0 Å². The largest absolute Gasteiger partial charge is 0.240 e. The normalized spacial score (nSPS) is 12.6. The zero-order valence-electron chi connectivity index (χ0n) is 13.8. The lowest BCUT2D eigenvalue weighted by Crippen LogP contribution is -2.49. The summed E-state index contributed by atoms with van der Waals surface area (Å²) in [5, 5.41) is 1.10. The highest BCUT2D eigenvalue weighted by Crippen LogP contribution is 2.23. The van der Waals surface area contributed by atoms with Crippen molar-refractivity contribution in [3.8, 4) is 0 Å². The molecule has 0 heterocycles. The fourth-order valence-electron chi connectivity index (χ4n) is 2.92. The summed E-state index contributed by atoms with van der Waals surface area (Å²) < 4.78 is 28.0. The first-order valence-electron chi connectivity index (χ1n) is 8.06. The summed E-state index contributed by atoms with van der Waals surface area (Å²) in [5.74, 6) is 0. The Hall–Kier alpha value is -0.653. The van der Waals surface area contributed by atoms with Crippen LogP contribution in [0.4, 0.5) is 0 Å². The Kier molecular flexibility index (Phi) is 7.10. The van der Waals surface area contributed by atoms with Gasteiger partial charge in [-0.15, -0.1) is 0 Å². The lowest BCUT2D eigenvalue weighted by atomic mass is 10.3. The van der Waals surface area contributed by atoms with Crippen LogP contribution in [-0.4, -0.2) is 23.0 Å². The number of hydrogen-bond acceptors (Lipinski definition) is 2. The van der Waals surface area contributed by atoms with Gasteiger partial charge in [-0.1, -0.05) is 70.4 Å². The van der Waals surface area contributed by atoms with Crippen LogP contribution < -0.4 is 9.91 Å². The molecule has 1 N–H and O–H groups in total. The Morgan fingerprint density at radius 2 is 1.57 bits per heavy atom. The molecule has 0 saturated heterocycles. The van der Waals surface area contributed by atoms with E-state index in [2.05, 4.69) is 32.4 Å². The number of unbranched alkanes of at least 4 members (excludes halogenated alkanes) is 1. The van der Waals surface area contributed by atoms with Crippen molar-refractivity contribution in [3.63, 3.8) is 0 Å². The lowest BCUT2D eigenvalue weighted by molar-refractivity contribution is 0.579. The zero-order valence-corrected chi connectivity index (χ0v) is 15.6. The van der Waals surface area contributed by atoms with Gasteiger partial charge >= 0.3 is 0 Å². The van der Waals surface area contributed by atoms with Crippen molar-refractivity contribution in [2.45, 2.75) is 63.6 Å². The molecule has 0 unspecified atom stereocenters. The van der Waals surface area contributed by atoms with E-state index in [1.54, 1.807) is 6.07 Å². The van der Waals surface area contributed by atoms with Crippen molar-refractivity contribution in [1.29, 1.82) is 0 Å². The number of benzene rings is 1. The quantitative estimate of drug-likeness (QED) is 0.557. The summed E-state index contributed by atoms with van der Waals surface area (Å²) in [4.78, 5) is 0.512. The molecule has 3 nitrogen and oxygen atoms in total. The van der Waals surface area contributed by atoms with Crippen LogP contribution >= 0.6 is 0 Å². The van der Waals surface area contributed by atoms with E-state index in [-0.39, 0.29) is 0 Å². The number of sulfonamides is 1. The highest BCUT2D eigenvalue weighted by Gasteiger charge is 2.34. The number of rotatable bonds is 9. The maximum Gasteiger partial charge on any atom is 0.240 e. The van der Waals surface area contributed by atoms with E-state index < -0.39 is 18.1 Å². The Labute approximate surface area is 131 Å². The second kappa shape index (κ2) is 8.10. The van der Waals surface area contributed by atoms with Gasteiger partial charge < -0.3 is 0 Å². The van der Waals surface area contributed by atoms with E-state index in [1.807, 2.05) is 18.2 Å². The molecule has 1 aromatic carbocycles. The first-order chi connectivity index (χ1) is 9.97. The van der Waals surface area contributed by atoms with Gasteiger partial charge in [0.05, 0.1) is 13.0 Å². The summed E-state index contributed by atoms with van der Waals surface area (Å²) in [6.07, 6.45) is 1.86. The molecule has 0 bridgehead atoms. The van der Waals surface area contributed by atoms with E-state index in [4.69, 9.17) is 0 Å². The van der Waals surface area contributed by atoms with Gasteiger partial charge in [0.2, 0.25) is 10.0 Å². The third-order valence-electron chi connectivity index (χ3n) is 4.60. The van der Waals surface area contributed by atoms with Crippen molar-refractivity contribution in [3.05, 3.63) is 24.3 Å². The molecular weight excluding hydrogens is 298 g/mol. The minimum atomic E-state index is -3.39. The number of nitrogens with one attached hydrogen (secondary N) is 1. The van der Waals surface area contributed by atoms with E-state index in [0.717, 1.165) is 36.2 Å². The van der Waals surface area contributed by atoms with Crippen molar-refractivity contribution >= 4 is 23.3 Å². The molecule has 0 aliphatic carbocycles. The smallest absolute Gasteiger partial charge is 0.211 e. The van der Waals surface area contributed by atoms with Crippen LogP contribution in [0.2, 0.25) is 18.1 Å². The first-order valence-corrected chi connectivity index (χ1v) is 12.2. The van der Waals surface area contributed by atoms with Gasteiger partial charge in [0.1, 0.15) is 0 Å². The molecule has 0 saturated carbocycles. The van der Waals surface area contributed by atoms with Gasteiger partial charge in [-0.05, 0) is 17.7 Å². The molecule has 0 amide bonds. The van der Waals surface area contributed by atoms with Gasteiger partial charge in [-0.2, -0.15) is 0 Å². The van der Waals surface area contributed by atoms with E-state index >= 15 is 0 Å². The maximum atomic E-state index is 12.6. The summed E-state index contributed by atoms with van der Waals surface area (Å²) in [6.45, 7) is 9.19. The lowest BCUT2D eigenvalue weighted by Gasteiger charge is -2.30. The summed E-state index contributed by atoms with van der Waals surface area (Å²) in [5.41, 5.74) is 0. The van der Waals surface area contributed by atoms with E-state index in [0.29, 0.717) is 11.4 Å². The summed E-state index contributed by atoms with van der Waals surface area (Å²) in [7, 11) is -5.11. The monoisotopic (exact) mass is 327 g/mol. The van der Waals surface area contributed by atoms with E-state index in [1.165, 1.54) is 0 Å². The average molecular weight is 328 g/mol. The topological polar surface area (TPSA) is 46.2 Å². The molecular formula is C16H29NO2SSi. The predicted octanol–water partition coefficient (Wildman–Crippen LogP) is 3.48. The Morgan fingerprint density at radius 1 is 1.00 bits per heavy atom. The molecule has 0 fully saturated rings. The second-order valence-electron chi connectivity index (χ2n) is 5.59. The SMILES string of the molecule is CCCCNS(=O)(=O)c1ccccc1[Si](CC)(CC)CC. The fourth-order valence-corrected chi connectivity index (χ4v) is 8.86. The minimum Gasteiger partial charge on any atom is -0.211 e. The molecule has 1 aromatic rings. The number of hydrogen-bond donors (Lipinski definition) is 1. The van der Waals surface area contributed by atoms with Crippen molar-refractivity contribution in [2.24, 2.45) is 0 Å². The second-order valence-corrected chi connectivity index (χ2v) is 12.5. The van der Waals surface area contributed by atoms with Gasteiger partial charge in [0.25, 0.3) is 0 Å². The van der Waals surface area contributed by atoms with Crippen molar-refractivity contribution in [2.75, 3.05) is 6.54 Å². The van der Waals surface area contributed by atoms with Gasteiger partial charge in [0.15, 0.2) is 0 Å². The highest BCUT2D eigenvalue weighted by molar-refractivity contribution is 7.89. The summed E-state index contributed by atoms with van der Waals surface area (Å²) in [6, 6.07) is 10.9. The molecule has 0 atom stereocenters. The van der Waals surface area contributed by atoms with Crippen molar-refractivity contribution in [1.82, 2.24) is 4.72 Å². The molecule has 0 aliphatic rings. The van der Waals surface area contributed by atoms with Gasteiger partial charge in [0, 0.05) is 6.54 Å². The Morgan fingerprint density at radius 3 is 2.10 bits per heavy atom. The molecule has 0 spiro atoms. The van der Waals surface area contributed by atoms with Crippen molar-refractivity contribution < 1.29 is 8.42 Å². The molecule has 0 radical (unpaired) electrons. The Bertz CT molecular complexity index is 531. The Balaban J connectivity index is 3.26. The van der Waals surface area contributed by atoms with Gasteiger partial charge in [-0.25, -0.2) is 13.1 Å². The molecule has 1 rings (SSSR count). The van der Waals surface area contributed by atoms with Crippen LogP contribution in [0.1, 0.15) is 40.5 Å². The predicted molar refractivity (Wildman–Crippen MR) is 93.4 cm³/mol. The third-order valence-corrected chi connectivity index (χ3v) is 11.9. The van der Waals surface area contributed by atoms with Crippen LogP contribution in [0.25, 0.3) is 0 Å². The minimum absolute atomic E-state index is 0.512. The molecule has 0 aliphatic heterocycles. The first kappa shape index (κ1) is 18.4. The fraction of sp³-hybridized carbons (Fsp3) is 0.625. The van der Waals surface area contributed by atoms with Crippen LogP contribution in [0.3, 0.4) is 0 Å². The molecule has 5 heteroatoms. The summed E-state index contributed by atoms with van der Waals surface area (Å²) >= 11 is 0. The van der Waals surface area contributed by atoms with E-state index in [9.17, 15) is 8.42 Å². The molecule has 120 valence electrons.